The lowest BCUT2D eigenvalue weighted by atomic mass is 9.87. The summed E-state index contributed by atoms with van der Waals surface area (Å²) >= 11 is 1.88. The molecule has 10 heavy (non-hydrogen) atoms. The molecule has 0 bridgehead atoms. The van der Waals surface area contributed by atoms with Gasteiger partial charge in [-0.3, -0.25) is 0 Å². The molecule has 0 atom stereocenters. The summed E-state index contributed by atoms with van der Waals surface area (Å²) < 4.78 is 0. The van der Waals surface area contributed by atoms with Crippen LogP contribution in [0.25, 0.3) is 0 Å². The average molecular weight is 154 g/mol. The van der Waals surface area contributed by atoms with E-state index in [4.69, 9.17) is 0 Å². The summed E-state index contributed by atoms with van der Waals surface area (Å²) in [4.78, 5) is 0. The third-order valence-electron chi connectivity index (χ3n) is 1.67. The summed E-state index contributed by atoms with van der Waals surface area (Å²) in [7, 11) is 0. The minimum atomic E-state index is 0.359. The predicted molar refractivity (Wildman–Crippen MR) is 49.1 cm³/mol. The fourth-order valence-corrected chi connectivity index (χ4v) is 1.86. The summed E-state index contributed by atoms with van der Waals surface area (Å²) in [6, 6.07) is 0. The molecule has 0 amide bonds. The molecule has 0 aromatic heterocycles. The van der Waals surface area contributed by atoms with Gasteiger partial charge in [-0.2, -0.15) is 0 Å². The van der Waals surface area contributed by atoms with Crippen molar-refractivity contribution < 1.29 is 0 Å². The van der Waals surface area contributed by atoms with Crippen LogP contribution < -0.4 is 0 Å². The van der Waals surface area contributed by atoms with Crippen LogP contribution in [0.4, 0.5) is 0 Å². The van der Waals surface area contributed by atoms with Crippen molar-refractivity contribution in [1.29, 1.82) is 0 Å². The van der Waals surface area contributed by atoms with Crippen molar-refractivity contribution >= 4 is 11.8 Å². The normalized spacial score (nSPS) is 18.9. The standard InChI is InChI=1S/C9H14S/c1-9(2,3)8-5-4-6-10-7-8/h4-6H,7H2,1-3H3. The number of rotatable bonds is 0. The van der Waals surface area contributed by atoms with Crippen LogP contribution in [0.3, 0.4) is 0 Å². The highest BCUT2D eigenvalue weighted by molar-refractivity contribution is 8.02. The van der Waals surface area contributed by atoms with Crippen LogP contribution in [0.5, 0.6) is 0 Å². The lowest BCUT2D eigenvalue weighted by molar-refractivity contribution is 0.506. The van der Waals surface area contributed by atoms with E-state index in [2.05, 4.69) is 38.3 Å². The Morgan fingerprint density at radius 3 is 2.40 bits per heavy atom. The van der Waals surface area contributed by atoms with E-state index in [0.717, 1.165) is 0 Å². The monoisotopic (exact) mass is 154 g/mol. The lowest BCUT2D eigenvalue weighted by Gasteiger charge is -2.23. The quantitative estimate of drug-likeness (QED) is 0.516. The van der Waals surface area contributed by atoms with Crippen LogP contribution in [-0.2, 0) is 0 Å². The first-order chi connectivity index (χ1) is 4.61. The Kier molecular flexibility index (Phi) is 2.24. The molecule has 1 aliphatic rings. The van der Waals surface area contributed by atoms with Crippen molar-refractivity contribution in [3.05, 3.63) is 23.1 Å². The number of hydrogen-bond donors (Lipinski definition) is 0. The summed E-state index contributed by atoms with van der Waals surface area (Å²) in [5.41, 5.74) is 1.90. The van der Waals surface area contributed by atoms with Crippen LogP contribution >= 0.6 is 11.8 Å². The van der Waals surface area contributed by atoms with Gasteiger partial charge in [-0.15, -0.1) is 11.8 Å². The molecule has 0 saturated carbocycles. The Morgan fingerprint density at radius 1 is 1.40 bits per heavy atom. The van der Waals surface area contributed by atoms with Crippen molar-refractivity contribution in [2.45, 2.75) is 20.8 Å². The molecule has 0 N–H and O–H groups in total. The largest absolute Gasteiger partial charge is 0.130 e. The van der Waals surface area contributed by atoms with E-state index in [9.17, 15) is 0 Å². The highest BCUT2D eigenvalue weighted by Crippen LogP contribution is 2.30. The maximum absolute atomic E-state index is 2.26. The van der Waals surface area contributed by atoms with Crippen LogP contribution in [-0.4, -0.2) is 5.75 Å². The minimum absolute atomic E-state index is 0.359. The topological polar surface area (TPSA) is 0 Å². The molecule has 0 unspecified atom stereocenters. The molecular formula is C9H14S. The minimum Gasteiger partial charge on any atom is -0.130 e. The van der Waals surface area contributed by atoms with Crippen molar-refractivity contribution in [1.82, 2.24) is 0 Å². The molecule has 1 heteroatoms. The van der Waals surface area contributed by atoms with E-state index in [1.165, 1.54) is 5.75 Å². The lowest BCUT2D eigenvalue weighted by Crippen LogP contribution is -2.11. The van der Waals surface area contributed by atoms with Gasteiger partial charge in [-0.25, -0.2) is 0 Å². The van der Waals surface area contributed by atoms with E-state index < -0.39 is 0 Å². The molecule has 0 radical (unpaired) electrons. The van der Waals surface area contributed by atoms with Crippen LogP contribution in [0, 0.1) is 5.41 Å². The van der Waals surface area contributed by atoms with Gasteiger partial charge in [0, 0.05) is 5.75 Å². The Bertz CT molecular complexity index is 170. The van der Waals surface area contributed by atoms with Gasteiger partial charge in [0.05, 0.1) is 0 Å². The molecule has 1 heterocycles. The fraction of sp³-hybridized carbons (Fsp3) is 0.556. The molecule has 0 aromatic rings. The molecule has 1 aliphatic heterocycles. The Balaban J connectivity index is 2.72. The summed E-state index contributed by atoms with van der Waals surface area (Å²) in [5.74, 6) is 1.17. The van der Waals surface area contributed by atoms with Crippen LogP contribution in [0.15, 0.2) is 23.1 Å². The van der Waals surface area contributed by atoms with E-state index in [1.54, 1.807) is 5.57 Å². The second-order valence-electron chi connectivity index (χ2n) is 3.58. The van der Waals surface area contributed by atoms with Gasteiger partial charge in [0.25, 0.3) is 0 Å². The fourth-order valence-electron chi connectivity index (χ4n) is 0.864. The van der Waals surface area contributed by atoms with Gasteiger partial charge in [0.1, 0.15) is 0 Å². The van der Waals surface area contributed by atoms with Gasteiger partial charge in [0.15, 0.2) is 0 Å². The molecule has 1 rings (SSSR count). The Hall–Kier alpha value is -0.170. The van der Waals surface area contributed by atoms with Gasteiger partial charge < -0.3 is 0 Å². The number of thioether (sulfide) groups is 1. The first kappa shape index (κ1) is 7.93. The third-order valence-corrected chi connectivity index (χ3v) is 2.50. The average Bonchev–Trinajstić information content (AvgIpc) is 1.88. The zero-order valence-electron chi connectivity index (χ0n) is 6.85. The molecule has 0 aromatic carbocycles. The molecule has 56 valence electrons. The van der Waals surface area contributed by atoms with Crippen molar-refractivity contribution in [3.8, 4) is 0 Å². The first-order valence-corrected chi connectivity index (χ1v) is 4.63. The zero-order valence-corrected chi connectivity index (χ0v) is 7.66. The molecular weight excluding hydrogens is 140 g/mol. The van der Waals surface area contributed by atoms with Crippen LogP contribution in [0.2, 0.25) is 0 Å². The predicted octanol–water partition coefficient (Wildman–Crippen LogP) is 3.22. The van der Waals surface area contributed by atoms with Crippen molar-refractivity contribution in [2.75, 3.05) is 5.75 Å². The molecule has 0 spiro atoms. The maximum atomic E-state index is 2.26. The van der Waals surface area contributed by atoms with Gasteiger partial charge in [0.2, 0.25) is 0 Å². The van der Waals surface area contributed by atoms with E-state index >= 15 is 0 Å². The van der Waals surface area contributed by atoms with E-state index in [0.29, 0.717) is 5.41 Å². The third kappa shape index (κ3) is 1.91. The number of allylic oxidation sites excluding steroid dienone is 2. The zero-order chi connectivity index (χ0) is 7.61. The van der Waals surface area contributed by atoms with Crippen molar-refractivity contribution in [3.63, 3.8) is 0 Å². The highest BCUT2D eigenvalue weighted by atomic mass is 32.2. The molecule has 0 nitrogen and oxygen atoms in total. The second-order valence-corrected chi connectivity index (χ2v) is 4.48. The first-order valence-electron chi connectivity index (χ1n) is 3.58. The smallest absolute Gasteiger partial charge is 0.0193 e. The van der Waals surface area contributed by atoms with Crippen LogP contribution in [0.1, 0.15) is 20.8 Å². The summed E-state index contributed by atoms with van der Waals surface area (Å²) in [6.07, 6.45) is 4.37. The second kappa shape index (κ2) is 2.83. The maximum Gasteiger partial charge on any atom is 0.0193 e. The Morgan fingerprint density at radius 2 is 2.10 bits per heavy atom. The molecule has 0 fully saturated rings. The number of hydrogen-bond acceptors (Lipinski definition) is 1. The Labute approximate surface area is 67.4 Å². The van der Waals surface area contributed by atoms with Gasteiger partial charge >= 0.3 is 0 Å². The van der Waals surface area contributed by atoms with Crippen molar-refractivity contribution in [2.24, 2.45) is 5.41 Å². The SMILES string of the molecule is CC(C)(C)C1=CC=CSC1. The van der Waals surface area contributed by atoms with Gasteiger partial charge in [-0.1, -0.05) is 38.5 Å². The molecule has 0 aliphatic carbocycles. The van der Waals surface area contributed by atoms with Gasteiger partial charge in [-0.05, 0) is 10.8 Å². The summed E-state index contributed by atoms with van der Waals surface area (Å²) in [6.45, 7) is 6.79. The van der Waals surface area contributed by atoms with E-state index in [1.807, 2.05) is 11.8 Å². The molecule has 0 saturated heterocycles. The van der Waals surface area contributed by atoms with E-state index in [-0.39, 0.29) is 0 Å². The summed E-state index contributed by atoms with van der Waals surface area (Å²) in [5, 5.41) is 2.15. The highest BCUT2D eigenvalue weighted by Gasteiger charge is 2.16.